The van der Waals surface area contributed by atoms with E-state index in [2.05, 4.69) is 34.6 Å². The molecule has 0 bridgehead atoms. The summed E-state index contributed by atoms with van der Waals surface area (Å²) in [6.45, 7) is 11.6. The molecule has 14 atom stereocenters. The fraction of sp³-hybridized carbons (Fsp3) is 0.938. The van der Waals surface area contributed by atoms with Crippen molar-refractivity contribution in [3.05, 3.63) is 12.0 Å². The second-order valence-corrected chi connectivity index (χ2v) is 15.8. The number of aliphatic hydroxyl groups excluding tert-OH is 5. The summed E-state index contributed by atoms with van der Waals surface area (Å²) in [6, 6.07) is 0. The van der Waals surface area contributed by atoms with Crippen molar-refractivity contribution in [2.45, 2.75) is 129 Å². The summed E-state index contributed by atoms with van der Waals surface area (Å²) < 4.78 is 18.4. The molecule has 2 heterocycles. The van der Waals surface area contributed by atoms with Gasteiger partial charge in [0.2, 0.25) is 0 Å². The maximum Gasteiger partial charge on any atom is 0.186 e. The van der Waals surface area contributed by atoms with E-state index in [4.69, 9.17) is 14.2 Å². The van der Waals surface area contributed by atoms with E-state index in [1.807, 2.05) is 0 Å². The molecule has 2 saturated heterocycles. The molecular formula is C32H50O8. The first kappa shape index (κ1) is 28.5. The Bertz CT molecular complexity index is 1020. The van der Waals surface area contributed by atoms with E-state index in [-0.39, 0.29) is 58.4 Å². The number of aliphatic hydroxyl groups is 5. The number of hydrogen-bond acceptors (Lipinski definition) is 8. The average molecular weight is 563 g/mol. The molecule has 0 aromatic rings. The van der Waals surface area contributed by atoms with Crippen LogP contribution in [0.2, 0.25) is 0 Å². The van der Waals surface area contributed by atoms with Gasteiger partial charge in [0.1, 0.15) is 24.4 Å². The van der Waals surface area contributed by atoms with E-state index in [1.165, 1.54) is 6.42 Å². The minimum Gasteiger partial charge on any atom is -0.394 e. The Morgan fingerprint density at radius 3 is 2.45 bits per heavy atom. The van der Waals surface area contributed by atoms with Crippen LogP contribution in [0.25, 0.3) is 0 Å². The van der Waals surface area contributed by atoms with Crippen LogP contribution < -0.4 is 0 Å². The molecule has 0 amide bonds. The van der Waals surface area contributed by atoms with Crippen molar-refractivity contribution >= 4 is 0 Å². The second-order valence-electron chi connectivity index (χ2n) is 15.8. The van der Waals surface area contributed by atoms with E-state index in [9.17, 15) is 25.5 Å². The molecule has 5 N–H and O–H groups in total. The summed E-state index contributed by atoms with van der Waals surface area (Å²) in [5, 5.41) is 52.6. The van der Waals surface area contributed by atoms with Gasteiger partial charge in [0.15, 0.2) is 6.29 Å². The van der Waals surface area contributed by atoms with Crippen LogP contribution in [0, 0.1) is 56.9 Å². The SMILES string of the molecule is C[C@@H]1C[C@@H](CO)O[C]2[C@H]1[C@@]1(C)CC[C@@]34C[C@@]35CCC(O[C@@H]3OC[C@@H](O)[C@H](O)[C@H]3O)C(C)(C)[C@@H]5CC[C]4[C@]1(C)[C@H]2O. The van der Waals surface area contributed by atoms with Crippen LogP contribution in [-0.2, 0) is 14.2 Å². The van der Waals surface area contributed by atoms with Gasteiger partial charge in [-0.05, 0) is 90.8 Å². The number of fused-ring (bicyclic) bond motifs is 4. The maximum atomic E-state index is 12.1. The van der Waals surface area contributed by atoms with Crippen molar-refractivity contribution < 1.29 is 39.7 Å². The molecule has 5 aliphatic carbocycles. The lowest BCUT2D eigenvalue weighted by molar-refractivity contribution is -0.301. The van der Waals surface area contributed by atoms with Crippen molar-refractivity contribution in [2.75, 3.05) is 13.2 Å². The van der Waals surface area contributed by atoms with Gasteiger partial charge in [-0.2, -0.15) is 0 Å². The molecule has 7 aliphatic rings. The van der Waals surface area contributed by atoms with Gasteiger partial charge in [-0.15, -0.1) is 0 Å². The number of ether oxygens (including phenoxy) is 3. The molecule has 2 aliphatic heterocycles. The third kappa shape index (κ3) is 3.26. The van der Waals surface area contributed by atoms with Crippen LogP contribution in [0.5, 0.6) is 0 Å². The van der Waals surface area contributed by atoms with Gasteiger partial charge >= 0.3 is 0 Å². The molecule has 7 rings (SSSR count). The average Bonchev–Trinajstić information content (AvgIpc) is 3.55. The molecule has 2 radical (unpaired) electrons. The predicted molar refractivity (Wildman–Crippen MR) is 145 cm³/mol. The quantitative estimate of drug-likeness (QED) is 0.332. The Morgan fingerprint density at radius 2 is 1.73 bits per heavy atom. The fourth-order valence-corrected chi connectivity index (χ4v) is 12.0. The van der Waals surface area contributed by atoms with Crippen molar-refractivity contribution in [3.63, 3.8) is 0 Å². The highest BCUT2D eigenvalue weighted by molar-refractivity contribution is 5.44. The predicted octanol–water partition coefficient (Wildman–Crippen LogP) is 2.74. The summed E-state index contributed by atoms with van der Waals surface area (Å²) in [7, 11) is 0. The topological polar surface area (TPSA) is 129 Å². The summed E-state index contributed by atoms with van der Waals surface area (Å²) >= 11 is 0. The minimum atomic E-state index is -1.27. The number of rotatable bonds is 3. The van der Waals surface area contributed by atoms with Crippen LogP contribution >= 0.6 is 0 Å². The third-order valence-electron chi connectivity index (χ3n) is 14.1. The second kappa shape index (κ2) is 8.87. The molecule has 7 fully saturated rings. The molecule has 226 valence electrons. The van der Waals surface area contributed by atoms with E-state index in [1.54, 1.807) is 5.92 Å². The van der Waals surface area contributed by atoms with Gasteiger partial charge in [0.05, 0.1) is 31.5 Å². The van der Waals surface area contributed by atoms with Gasteiger partial charge in [-0.1, -0.05) is 34.6 Å². The van der Waals surface area contributed by atoms with Crippen LogP contribution in [0.3, 0.4) is 0 Å². The third-order valence-corrected chi connectivity index (χ3v) is 14.1. The highest BCUT2D eigenvalue weighted by atomic mass is 16.7. The maximum absolute atomic E-state index is 12.1. The normalized spacial score (nSPS) is 59.2. The highest BCUT2D eigenvalue weighted by Crippen LogP contribution is 2.90. The Morgan fingerprint density at radius 1 is 0.975 bits per heavy atom. The van der Waals surface area contributed by atoms with Gasteiger partial charge < -0.3 is 39.7 Å². The Hall–Kier alpha value is -0.320. The van der Waals surface area contributed by atoms with Crippen LogP contribution in [0.1, 0.15) is 86.0 Å². The summed E-state index contributed by atoms with van der Waals surface area (Å²) in [4.78, 5) is 0. The molecule has 40 heavy (non-hydrogen) atoms. The van der Waals surface area contributed by atoms with E-state index in [0.717, 1.165) is 51.0 Å². The Kier molecular flexibility index (Phi) is 6.31. The molecule has 0 aromatic heterocycles. The van der Waals surface area contributed by atoms with Crippen molar-refractivity contribution in [2.24, 2.45) is 44.8 Å². The molecule has 8 heteroatoms. The fourth-order valence-electron chi connectivity index (χ4n) is 12.0. The molecule has 8 nitrogen and oxygen atoms in total. The first-order valence-electron chi connectivity index (χ1n) is 15.8. The van der Waals surface area contributed by atoms with Crippen molar-refractivity contribution in [1.29, 1.82) is 0 Å². The van der Waals surface area contributed by atoms with Crippen LogP contribution in [0.4, 0.5) is 0 Å². The smallest absolute Gasteiger partial charge is 0.186 e. The van der Waals surface area contributed by atoms with E-state index >= 15 is 0 Å². The molecular weight excluding hydrogens is 512 g/mol. The van der Waals surface area contributed by atoms with Gasteiger partial charge in [0.25, 0.3) is 0 Å². The zero-order valence-corrected chi connectivity index (χ0v) is 24.8. The van der Waals surface area contributed by atoms with Crippen LogP contribution in [-0.4, -0.2) is 81.7 Å². The monoisotopic (exact) mass is 562 g/mol. The largest absolute Gasteiger partial charge is 0.394 e. The lowest BCUT2D eigenvalue weighted by Crippen LogP contribution is -2.60. The van der Waals surface area contributed by atoms with Crippen LogP contribution in [0.15, 0.2) is 0 Å². The van der Waals surface area contributed by atoms with E-state index < -0.39 is 30.7 Å². The molecule has 0 aromatic carbocycles. The lowest BCUT2D eigenvalue weighted by Gasteiger charge is -2.63. The van der Waals surface area contributed by atoms with Gasteiger partial charge in [-0.25, -0.2) is 0 Å². The van der Waals surface area contributed by atoms with Crippen molar-refractivity contribution in [1.82, 2.24) is 0 Å². The molecule has 5 saturated carbocycles. The highest BCUT2D eigenvalue weighted by Gasteiger charge is 2.85. The number of hydrogen-bond donors (Lipinski definition) is 5. The Labute approximate surface area is 238 Å². The standard InChI is InChI=1S/C32H50O8/c1-16-12-17(13-33)39-25-22(16)29(4)10-11-32-15-31(32)9-8-21(40-27-24(36)23(35)18(34)14-38-27)28(2,3)19(31)6-7-20(32)30(29,5)26(25)37/h16-19,21-24,26-27,33-37H,6-15H2,1-5H3/t16-,17+,18-,19+,21?,22+,23+,24-,26+,27+,29-,30-,31-,32+/m1/s1. The minimum absolute atomic E-state index is 0.00715. The van der Waals surface area contributed by atoms with Gasteiger partial charge in [0, 0.05) is 11.3 Å². The molecule has 1 unspecified atom stereocenters. The van der Waals surface area contributed by atoms with Crippen molar-refractivity contribution in [3.8, 4) is 0 Å². The first-order chi connectivity index (χ1) is 18.8. The van der Waals surface area contributed by atoms with E-state index in [0.29, 0.717) is 11.8 Å². The zero-order valence-electron chi connectivity index (χ0n) is 24.8. The summed E-state index contributed by atoms with van der Waals surface area (Å²) in [5.41, 5.74) is -0.208. The lowest BCUT2D eigenvalue weighted by atomic mass is 9.41. The first-order valence-corrected chi connectivity index (χ1v) is 15.8. The zero-order chi connectivity index (χ0) is 28.6. The molecule has 2 spiro atoms. The summed E-state index contributed by atoms with van der Waals surface area (Å²) in [6.07, 6.45) is 3.46. The van der Waals surface area contributed by atoms with Gasteiger partial charge in [-0.3, -0.25) is 0 Å². The Balaban J connectivity index is 1.16. The summed E-state index contributed by atoms with van der Waals surface area (Å²) in [5.74, 6) is 2.61.